The van der Waals surface area contributed by atoms with Gasteiger partial charge >= 0.3 is 0 Å². The molecular formula is C19H20N6. The first-order valence-corrected chi connectivity index (χ1v) is 8.51. The molecule has 126 valence electrons. The van der Waals surface area contributed by atoms with Crippen molar-refractivity contribution in [2.45, 2.75) is 45.6 Å². The first-order chi connectivity index (χ1) is 12.0. The lowest BCUT2D eigenvalue weighted by Gasteiger charge is -2.43. The zero-order valence-electron chi connectivity index (χ0n) is 14.5. The van der Waals surface area contributed by atoms with Crippen molar-refractivity contribution < 1.29 is 0 Å². The average molecular weight is 332 g/mol. The van der Waals surface area contributed by atoms with Crippen LogP contribution in [0.3, 0.4) is 0 Å². The number of nitriles is 3. The molecule has 0 aromatic carbocycles. The molecule has 25 heavy (non-hydrogen) atoms. The molecule has 0 saturated heterocycles. The van der Waals surface area contributed by atoms with Gasteiger partial charge < -0.3 is 5.73 Å². The third-order valence-electron chi connectivity index (χ3n) is 5.44. The molecule has 0 fully saturated rings. The molecule has 0 aliphatic heterocycles. The fraction of sp³-hybridized carbons (Fsp3) is 0.474. The Bertz CT molecular complexity index is 882. The van der Waals surface area contributed by atoms with Crippen LogP contribution in [0.1, 0.15) is 43.4 Å². The molecular weight excluding hydrogens is 312 g/mol. The van der Waals surface area contributed by atoms with Gasteiger partial charge in [-0.1, -0.05) is 6.08 Å². The summed E-state index contributed by atoms with van der Waals surface area (Å²) in [5, 5.41) is 34.0. The molecule has 0 bridgehead atoms. The van der Waals surface area contributed by atoms with Crippen molar-refractivity contribution >= 4 is 0 Å². The van der Waals surface area contributed by atoms with E-state index in [1.807, 2.05) is 30.8 Å². The number of nitrogens with two attached hydrogens (primary N) is 1. The minimum absolute atomic E-state index is 0.0665. The third kappa shape index (κ3) is 2.24. The second-order valence-corrected chi connectivity index (χ2v) is 6.63. The van der Waals surface area contributed by atoms with E-state index in [1.54, 1.807) is 0 Å². The molecule has 6 nitrogen and oxygen atoms in total. The molecule has 1 aromatic heterocycles. The SMILES string of the molecule is CCn1cc([C@@H]2[C@H]3CCCC=C3C(C#N)=C(N)C2(C#N)C#N)c(C)n1. The summed E-state index contributed by atoms with van der Waals surface area (Å²) in [4.78, 5) is 0. The number of fused-ring (bicyclic) bond motifs is 1. The van der Waals surface area contributed by atoms with Gasteiger partial charge in [-0.05, 0) is 50.2 Å². The number of hydrogen-bond donors (Lipinski definition) is 1. The van der Waals surface area contributed by atoms with Gasteiger partial charge in [-0.25, -0.2) is 0 Å². The Morgan fingerprint density at radius 1 is 1.36 bits per heavy atom. The second kappa shape index (κ2) is 6.11. The standard InChI is InChI=1S/C19H20N6/c1-3-25-9-16(12(2)24-25)17-14-7-5-4-6-13(14)15(8-20)18(23)19(17,10-21)11-22/h6,9,14,17H,3-5,7,23H2,1-2H3/t14-,17-/m0/s1. The Kier molecular flexibility index (Phi) is 4.11. The van der Waals surface area contributed by atoms with Crippen molar-refractivity contribution in [3.05, 3.63) is 40.4 Å². The maximum atomic E-state index is 9.96. The predicted octanol–water partition coefficient (Wildman–Crippen LogP) is 2.81. The van der Waals surface area contributed by atoms with Gasteiger partial charge in [0.1, 0.15) is 6.07 Å². The molecule has 2 N–H and O–H groups in total. The quantitative estimate of drug-likeness (QED) is 0.894. The molecule has 1 aromatic rings. The largest absolute Gasteiger partial charge is 0.399 e. The first-order valence-electron chi connectivity index (χ1n) is 8.51. The smallest absolute Gasteiger partial charge is 0.191 e. The van der Waals surface area contributed by atoms with E-state index >= 15 is 0 Å². The van der Waals surface area contributed by atoms with Crippen LogP contribution in [0.5, 0.6) is 0 Å². The summed E-state index contributed by atoms with van der Waals surface area (Å²) in [6, 6.07) is 6.46. The maximum Gasteiger partial charge on any atom is 0.191 e. The van der Waals surface area contributed by atoms with E-state index in [1.165, 1.54) is 0 Å². The summed E-state index contributed by atoms with van der Waals surface area (Å²) in [7, 11) is 0. The Morgan fingerprint density at radius 2 is 2.08 bits per heavy atom. The van der Waals surface area contributed by atoms with Crippen molar-refractivity contribution in [3.8, 4) is 18.2 Å². The predicted molar refractivity (Wildman–Crippen MR) is 91.3 cm³/mol. The van der Waals surface area contributed by atoms with Gasteiger partial charge in [-0.2, -0.15) is 20.9 Å². The van der Waals surface area contributed by atoms with Gasteiger partial charge in [0.05, 0.1) is 29.1 Å². The summed E-state index contributed by atoms with van der Waals surface area (Å²) in [6.45, 7) is 4.60. The first kappa shape index (κ1) is 16.8. The summed E-state index contributed by atoms with van der Waals surface area (Å²) in [5.74, 6) is -0.477. The van der Waals surface area contributed by atoms with Crippen LogP contribution in [0.2, 0.25) is 0 Å². The number of allylic oxidation sites excluding steroid dienone is 4. The monoisotopic (exact) mass is 332 g/mol. The number of rotatable bonds is 2. The Hall–Kier alpha value is -3.04. The van der Waals surface area contributed by atoms with Crippen LogP contribution in [-0.4, -0.2) is 9.78 Å². The van der Waals surface area contributed by atoms with Crippen LogP contribution >= 0.6 is 0 Å². The van der Waals surface area contributed by atoms with Crippen LogP contribution in [-0.2, 0) is 6.54 Å². The number of aryl methyl sites for hydroxylation is 2. The van der Waals surface area contributed by atoms with E-state index in [-0.39, 0.29) is 11.6 Å². The summed E-state index contributed by atoms with van der Waals surface area (Å²) < 4.78 is 1.82. The second-order valence-electron chi connectivity index (χ2n) is 6.63. The Labute approximate surface area is 147 Å². The van der Waals surface area contributed by atoms with Gasteiger partial charge in [0.2, 0.25) is 0 Å². The van der Waals surface area contributed by atoms with Crippen LogP contribution in [0.15, 0.2) is 29.1 Å². The van der Waals surface area contributed by atoms with Crippen LogP contribution in [0, 0.1) is 52.2 Å². The zero-order valence-corrected chi connectivity index (χ0v) is 14.5. The third-order valence-corrected chi connectivity index (χ3v) is 5.44. The summed E-state index contributed by atoms with van der Waals surface area (Å²) >= 11 is 0. The van der Waals surface area contributed by atoms with Crippen molar-refractivity contribution in [1.29, 1.82) is 15.8 Å². The number of nitrogens with zero attached hydrogens (tertiary/aromatic N) is 5. The fourth-order valence-electron chi connectivity index (χ4n) is 4.22. The van der Waals surface area contributed by atoms with E-state index in [2.05, 4.69) is 23.3 Å². The molecule has 1 heterocycles. The summed E-state index contributed by atoms with van der Waals surface area (Å²) in [6.07, 6.45) is 6.65. The summed E-state index contributed by atoms with van der Waals surface area (Å²) in [5.41, 5.74) is 7.68. The van der Waals surface area contributed by atoms with E-state index < -0.39 is 11.3 Å². The average Bonchev–Trinajstić information content (AvgIpc) is 3.01. The van der Waals surface area contributed by atoms with Crippen molar-refractivity contribution in [2.75, 3.05) is 0 Å². The molecule has 2 atom stereocenters. The highest BCUT2D eigenvalue weighted by atomic mass is 15.3. The molecule has 6 heteroatoms. The van der Waals surface area contributed by atoms with E-state index in [9.17, 15) is 15.8 Å². The highest BCUT2D eigenvalue weighted by molar-refractivity contribution is 5.59. The fourth-order valence-corrected chi connectivity index (χ4v) is 4.22. The molecule has 0 amide bonds. The van der Waals surface area contributed by atoms with Crippen molar-refractivity contribution in [1.82, 2.24) is 9.78 Å². The number of aromatic nitrogens is 2. The topological polar surface area (TPSA) is 115 Å². The normalized spacial score (nSPS) is 24.5. The lowest BCUT2D eigenvalue weighted by Crippen LogP contribution is -2.42. The lowest BCUT2D eigenvalue weighted by molar-refractivity contribution is 0.316. The highest BCUT2D eigenvalue weighted by Gasteiger charge is 2.54. The molecule has 0 radical (unpaired) electrons. The molecule has 2 aliphatic carbocycles. The van der Waals surface area contributed by atoms with E-state index in [4.69, 9.17) is 5.73 Å². The Balaban J connectivity index is 2.33. The molecule has 0 spiro atoms. The van der Waals surface area contributed by atoms with Crippen molar-refractivity contribution in [2.24, 2.45) is 17.1 Å². The molecule has 3 rings (SSSR count). The van der Waals surface area contributed by atoms with Gasteiger partial charge in [0.25, 0.3) is 0 Å². The van der Waals surface area contributed by atoms with E-state index in [0.29, 0.717) is 12.1 Å². The lowest BCUT2D eigenvalue weighted by atomic mass is 9.57. The minimum atomic E-state index is -1.54. The van der Waals surface area contributed by atoms with Crippen LogP contribution in [0.25, 0.3) is 0 Å². The van der Waals surface area contributed by atoms with Crippen LogP contribution in [0.4, 0.5) is 0 Å². The highest BCUT2D eigenvalue weighted by Crippen LogP contribution is 2.56. The van der Waals surface area contributed by atoms with Gasteiger partial charge in [0, 0.05) is 18.7 Å². The van der Waals surface area contributed by atoms with Gasteiger partial charge in [-0.15, -0.1) is 0 Å². The van der Waals surface area contributed by atoms with Gasteiger partial charge in [-0.3, -0.25) is 4.68 Å². The zero-order chi connectivity index (χ0) is 18.2. The maximum absolute atomic E-state index is 9.96. The minimum Gasteiger partial charge on any atom is -0.399 e. The van der Waals surface area contributed by atoms with Crippen LogP contribution < -0.4 is 5.73 Å². The van der Waals surface area contributed by atoms with Crippen molar-refractivity contribution in [3.63, 3.8) is 0 Å². The Morgan fingerprint density at radius 3 is 2.64 bits per heavy atom. The molecule has 0 saturated carbocycles. The molecule has 2 aliphatic rings. The van der Waals surface area contributed by atoms with Gasteiger partial charge in [0.15, 0.2) is 5.41 Å². The number of hydrogen-bond acceptors (Lipinski definition) is 5. The molecule has 0 unspecified atom stereocenters. The van der Waals surface area contributed by atoms with E-state index in [0.717, 1.165) is 36.1 Å².